The second-order valence-electron chi connectivity index (χ2n) is 7.00. The van der Waals surface area contributed by atoms with Gasteiger partial charge in [-0.05, 0) is 49.9 Å². The summed E-state index contributed by atoms with van der Waals surface area (Å²) < 4.78 is 11.2. The van der Waals surface area contributed by atoms with Crippen LogP contribution in [0.5, 0.6) is 5.75 Å². The molecule has 0 aliphatic heterocycles. The van der Waals surface area contributed by atoms with Gasteiger partial charge in [0.05, 0.1) is 17.8 Å². The summed E-state index contributed by atoms with van der Waals surface area (Å²) in [6.07, 6.45) is 8.36. The second kappa shape index (κ2) is 8.20. The minimum absolute atomic E-state index is 0.0674. The number of aryl methyl sites for hydroxylation is 1. The van der Waals surface area contributed by atoms with Crippen LogP contribution in [-0.2, 0) is 11.2 Å². The molecule has 1 aliphatic rings. The Kier molecular flexibility index (Phi) is 5.32. The van der Waals surface area contributed by atoms with E-state index in [0.717, 1.165) is 48.1 Å². The molecule has 27 heavy (non-hydrogen) atoms. The molecule has 0 unspecified atom stereocenters. The SMILES string of the molecule is O=C(CCc1ccno1)NC1CCC(Oc2ccc3ncccc3c2)CC1. The fourth-order valence-electron chi connectivity index (χ4n) is 3.55. The summed E-state index contributed by atoms with van der Waals surface area (Å²) >= 11 is 0. The first-order valence-electron chi connectivity index (χ1n) is 9.46. The van der Waals surface area contributed by atoms with Gasteiger partial charge in [-0.1, -0.05) is 11.2 Å². The zero-order valence-corrected chi connectivity index (χ0v) is 15.1. The number of ether oxygens (including phenoxy) is 1. The predicted octanol–water partition coefficient (Wildman–Crippen LogP) is 3.66. The molecule has 2 aromatic heterocycles. The van der Waals surface area contributed by atoms with Gasteiger partial charge >= 0.3 is 0 Å². The number of nitrogens with one attached hydrogen (secondary N) is 1. The van der Waals surface area contributed by atoms with Crippen molar-refractivity contribution in [2.45, 2.75) is 50.7 Å². The third-order valence-corrected chi connectivity index (χ3v) is 5.01. The van der Waals surface area contributed by atoms with Crippen LogP contribution in [0.15, 0.2) is 53.3 Å². The number of carbonyl (C=O) groups is 1. The van der Waals surface area contributed by atoms with Crippen molar-refractivity contribution in [3.05, 3.63) is 54.6 Å². The minimum atomic E-state index is 0.0674. The minimum Gasteiger partial charge on any atom is -0.490 e. The molecule has 6 nitrogen and oxygen atoms in total. The van der Waals surface area contributed by atoms with Crippen LogP contribution in [0, 0.1) is 0 Å². The molecule has 0 radical (unpaired) electrons. The Labute approximate surface area is 157 Å². The van der Waals surface area contributed by atoms with Crippen LogP contribution in [0.4, 0.5) is 0 Å². The molecule has 1 saturated carbocycles. The number of fused-ring (bicyclic) bond motifs is 1. The predicted molar refractivity (Wildman–Crippen MR) is 101 cm³/mol. The number of benzene rings is 1. The zero-order valence-electron chi connectivity index (χ0n) is 15.1. The van der Waals surface area contributed by atoms with Gasteiger partial charge in [-0.2, -0.15) is 0 Å². The molecule has 0 bridgehead atoms. The summed E-state index contributed by atoms with van der Waals surface area (Å²) in [5, 5.41) is 7.86. The first kappa shape index (κ1) is 17.5. The lowest BCUT2D eigenvalue weighted by molar-refractivity contribution is -0.122. The van der Waals surface area contributed by atoms with E-state index in [1.807, 2.05) is 30.3 Å². The summed E-state index contributed by atoms with van der Waals surface area (Å²) in [6.45, 7) is 0. The van der Waals surface area contributed by atoms with E-state index in [2.05, 4.69) is 15.5 Å². The van der Waals surface area contributed by atoms with Crippen LogP contribution in [0.3, 0.4) is 0 Å². The second-order valence-corrected chi connectivity index (χ2v) is 7.00. The molecule has 0 saturated heterocycles. The topological polar surface area (TPSA) is 77.2 Å². The number of aromatic nitrogens is 2. The van der Waals surface area contributed by atoms with Gasteiger partial charge in [0.15, 0.2) is 0 Å². The van der Waals surface area contributed by atoms with Gasteiger partial charge in [-0.15, -0.1) is 0 Å². The van der Waals surface area contributed by atoms with Crippen molar-refractivity contribution >= 4 is 16.8 Å². The first-order valence-corrected chi connectivity index (χ1v) is 9.46. The van der Waals surface area contributed by atoms with Crippen molar-refractivity contribution < 1.29 is 14.1 Å². The number of hydrogen-bond acceptors (Lipinski definition) is 5. The molecule has 1 aromatic carbocycles. The molecule has 6 heteroatoms. The molecule has 4 rings (SSSR count). The molecular weight excluding hydrogens is 342 g/mol. The van der Waals surface area contributed by atoms with Crippen molar-refractivity contribution in [2.24, 2.45) is 0 Å². The van der Waals surface area contributed by atoms with Crippen molar-refractivity contribution in [1.29, 1.82) is 0 Å². The number of nitrogens with zero attached hydrogens (tertiary/aromatic N) is 2. The molecule has 0 spiro atoms. The Hall–Kier alpha value is -2.89. The van der Waals surface area contributed by atoms with Gasteiger partial charge in [0.25, 0.3) is 0 Å². The van der Waals surface area contributed by atoms with E-state index in [9.17, 15) is 4.79 Å². The highest BCUT2D eigenvalue weighted by molar-refractivity contribution is 5.79. The summed E-state index contributed by atoms with van der Waals surface area (Å²) in [4.78, 5) is 16.4. The normalized spacial score (nSPS) is 19.7. The van der Waals surface area contributed by atoms with Crippen LogP contribution in [0.2, 0.25) is 0 Å². The quantitative estimate of drug-likeness (QED) is 0.721. The molecule has 1 fully saturated rings. The van der Waals surface area contributed by atoms with Crippen LogP contribution in [0.25, 0.3) is 10.9 Å². The van der Waals surface area contributed by atoms with Crippen molar-refractivity contribution in [3.8, 4) is 5.75 Å². The summed E-state index contributed by atoms with van der Waals surface area (Å²) in [5.74, 6) is 1.70. The standard InChI is InChI=1S/C21H23N3O3/c25-21(10-8-18-11-13-23-27-18)24-16-3-5-17(6-4-16)26-19-7-9-20-15(14-19)2-1-12-22-20/h1-2,7,9,11-14,16-17H,3-6,8,10H2,(H,24,25). The summed E-state index contributed by atoms with van der Waals surface area (Å²) in [7, 11) is 0. The van der Waals surface area contributed by atoms with E-state index >= 15 is 0 Å². The lowest BCUT2D eigenvalue weighted by atomic mass is 9.92. The Balaban J connectivity index is 1.23. The molecule has 2 heterocycles. The third-order valence-electron chi connectivity index (χ3n) is 5.01. The van der Waals surface area contributed by atoms with E-state index in [-0.39, 0.29) is 18.1 Å². The number of hydrogen-bond donors (Lipinski definition) is 1. The average molecular weight is 365 g/mol. The van der Waals surface area contributed by atoms with E-state index in [0.29, 0.717) is 12.8 Å². The van der Waals surface area contributed by atoms with Crippen LogP contribution in [0.1, 0.15) is 37.9 Å². The maximum absolute atomic E-state index is 12.1. The molecule has 0 atom stereocenters. The molecule has 3 aromatic rings. The Morgan fingerprint density at radius 2 is 2.04 bits per heavy atom. The van der Waals surface area contributed by atoms with Gasteiger partial charge in [0, 0.05) is 36.5 Å². The lowest BCUT2D eigenvalue weighted by Crippen LogP contribution is -2.39. The van der Waals surface area contributed by atoms with Gasteiger partial charge in [-0.3, -0.25) is 9.78 Å². The number of pyridine rings is 1. The average Bonchev–Trinajstić information content (AvgIpc) is 3.22. The summed E-state index contributed by atoms with van der Waals surface area (Å²) in [6, 6.07) is 12.0. The highest BCUT2D eigenvalue weighted by Gasteiger charge is 2.23. The largest absolute Gasteiger partial charge is 0.490 e. The Morgan fingerprint density at radius 3 is 2.85 bits per heavy atom. The molecule has 1 aliphatic carbocycles. The molecular formula is C21H23N3O3. The maximum atomic E-state index is 12.1. The number of rotatable bonds is 6. The van der Waals surface area contributed by atoms with Crippen molar-refractivity contribution in [3.63, 3.8) is 0 Å². The number of carbonyl (C=O) groups excluding carboxylic acids is 1. The molecule has 1 amide bonds. The molecule has 140 valence electrons. The van der Waals surface area contributed by atoms with Gasteiger partial charge in [0.2, 0.25) is 5.91 Å². The van der Waals surface area contributed by atoms with E-state index in [4.69, 9.17) is 9.26 Å². The first-order chi connectivity index (χ1) is 13.3. The summed E-state index contributed by atoms with van der Waals surface area (Å²) in [5.41, 5.74) is 0.974. The Bertz CT molecular complexity index is 887. The third kappa shape index (κ3) is 4.64. The number of amides is 1. The van der Waals surface area contributed by atoms with Gasteiger partial charge in [-0.25, -0.2) is 0 Å². The Morgan fingerprint density at radius 1 is 1.15 bits per heavy atom. The highest BCUT2D eigenvalue weighted by Crippen LogP contribution is 2.26. The van der Waals surface area contributed by atoms with Crippen LogP contribution >= 0.6 is 0 Å². The monoisotopic (exact) mass is 365 g/mol. The lowest BCUT2D eigenvalue weighted by Gasteiger charge is -2.29. The van der Waals surface area contributed by atoms with Crippen LogP contribution in [-0.4, -0.2) is 28.2 Å². The molecule has 1 N–H and O–H groups in total. The van der Waals surface area contributed by atoms with Crippen molar-refractivity contribution in [2.75, 3.05) is 0 Å². The van der Waals surface area contributed by atoms with Gasteiger partial charge in [0.1, 0.15) is 11.5 Å². The van der Waals surface area contributed by atoms with E-state index in [1.165, 1.54) is 0 Å². The fourth-order valence-corrected chi connectivity index (χ4v) is 3.55. The van der Waals surface area contributed by atoms with Gasteiger partial charge < -0.3 is 14.6 Å². The highest BCUT2D eigenvalue weighted by atomic mass is 16.5. The zero-order chi connectivity index (χ0) is 18.5. The van der Waals surface area contributed by atoms with Crippen molar-refractivity contribution in [1.82, 2.24) is 15.5 Å². The maximum Gasteiger partial charge on any atom is 0.220 e. The van der Waals surface area contributed by atoms with E-state index in [1.54, 1.807) is 18.5 Å². The van der Waals surface area contributed by atoms with E-state index < -0.39 is 0 Å². The van der Waals surface area contributed by atoms with Crippen LogP contribution < -0.4 is 10.1 Å². The fraction of sp³-hybridized carbons (Fsp3) is 0.381. The smallest absolute Gasteiger partial charge is 0.220 e.